The van der Waals surface area contributed by atoms with Crippen molar-refractivity contribution in [3.8, 4) is 6.07 Å². The fourth-order valence-electron chi connectivity index (χ4n) is 2.13. The highest BCUT2D eigenvalue weighted by molar-refractivity contribution is 7.16. The first-order valence-electron chi connectivity index (χ1n) is 6.19. The van der Waals surface area contributed by atoms with Gasteiger partial charge in [0.15, 0.2) is 0 Å². The molecular formula is C14H12N6S. The molecule has 0 aliphatic rings. The summed E-state index contributed by atoms with van der Waals surface area (Å²) in [5, 5.41) is 12.1. The summed E-state index contributed by atoms with van der Waals surface area (Å²) in [5.41, 5.74) is 3.85. The molecule has 0 saturated carbocycles. The monoisotopic (exact) mass is 296 g/mol. The number of fused-ring (bicyclic) bond motifs is 1. The fraction of sp³-hybridized carbons (Fsp3) is 0.0714. The standard InChI is InChI=1S/C14H12N6S/c1-20(11-5-3-2-4-9(11)8-15)12-10-6-7-21-13(10)18-14(17-12)19-16/h2-7H,16H2,1H3,(H,17,18,19). The maximum Gasteiger partial charge on any atom is 0.240 e. The van der Waals surface area contributed by atoms with Crippen LogP contribution in [0.25, 0.3) is 10.2 Å². The lowest BCUT2D eigenvalue weighted by Crippen LogP contribution is -2.16. The molecule has 21 heavy (non-hydrogen) atoms. The van der Waals surface area contributed by atoms with Crippen molar-refractivity contribution in [1.82, 2.24) is 9.97 Å². The highest BCUT2D eigenvalue weighted by atomic mass is 32.1. The van der Waals surface area contributed by atoms with Crippen molar-refractivity contribution in [2.24, 2.45) is 5.84 Å². The maximum atomic E-state index is 9.25. The predicted molar refractivity (Wildman–Crippen MR) is 84.4 cm³/mol. The van der Waals surface area contributed by atoms with Gasteiger partial charge in [0.25, 0.3) is 0 Å². The van der Waals surface area contributed by atoms with Crippen LogP contribution in [-0.2, 0) is 0 Å². The van der Waals surface area contributed by atoms with Crippen LogP contribution in [0.1, 0.15) is 5.56 Å². The summed E-state index contributed by atoms with van der Waals surface area (Å²) in [5.74, 6) is 6.49. The summed E-state index contributed by atoms with van der Waals surface area (Å²) >= 11 is 1.52. The summed E-state index contributed by atoms with van der Waals surface area (Å²) in [6, 6.07) is 11.5. The number of benzene rings is 1. The Kier molecular flexibility index (Phi) is 3.39. The topological polar surface area (TPSA) is 90.9 Å². The summed E-state index contributed by atoms with van der Waals surface area (Å²) in [6.45, 7) is 0. The zero-order valence-corrected chi connectivity index (χ0v) is 12.1. The van der Waals surface area contributed by atoms with Gasteiger partial charge in [-0.2, -0.15) is 10.2 Å². The Hall–Kier alpha value is -2.69. The molecule has 0 aliphatic heterocycles. The van der Waals surface area contributed by atoms with Gasteiger partial charge in [-0.1, -0.05) is 12.1 Å². The molecule has 0 atom stereocenters. The van der Waals surface area contributed by atoms with Crippen LogP contribution in [0.2, 0.25) is 0 Å². The van der Waals surface area contributed by atoms with Crippen molar-refractivity contribution >= 4 is 39.0 Å². The lowest BCUT2D eigenvalue weighted by molar-refractivity contribution is 1.09. The molecule has 6 nitrogen and oxygen atoms in total. The molecule has 2 aromatic heterocycles. The highest BCUT2D eigenvalue weighted by Crippen LogP contribution is 2.33. The minimum atomic E-state index is 0.348. The van der Waals surface area contributed by atoms with Gasteiger partial charge in [-0.05, 0) is 23.6 Å². The van der Waals surface area contributed by atoms with Crippen LogP contribution in [0.15, 0.2) is 35.7 Å². The summed E-state index contributed by atoms with van der Waals surface area (Å²) < 4.78 is 0. The zero-order chi connectivity index (χ0) is 14.8. The normalized spacial score (nSPS) is 10.3. The molecule has 3 aromatic rings. The average Bonchev–Trinajstić information content (AvgIpc) is 3.01. The second-order valence-electron chi connectivity index (χ2n) is 4.34. The minimum absolute atomic E-state index is 0.348. The molecule has 0 aliphatic carbocycles. The first-order valence-corrected chi connectivity index (χ1v) is 7.07. The predicted octanol–water partition coefficient (Wildman–Crippen LogP) is 2.62. The Labute approximate surface area is 125 Å². The van der Waals surface area contributed by atoms with Crippen LogP contribution in [0.5, 0.6) is 0 Å². The molecule has 0 amide bonds. The van der Waals surface area contributed by atoms with Crippen LogP contribution in [0.4, 0.5) is 17.5 Å². The Morgan fingerprint density at radius 3 is 2.86 bits per heavy atom. The number of anilines is 3. The van der Waals surface area contributed by atoms with Crippen LogP contribution in [0.3, 0.4) is 0 Å². The van der Waals surface area contributed by atoms with Crippen molar-refractivity contribution in [3.63, 3.8) is 0 Å². The fourth-order valence-corrected chi connectivity index (χ4v) is 2.89. The summed E-state index contributed by atoms with van der Waals surface area (Å²) in [6.07, 6.45) is 0. The van der Waals surface area contributed by atoms with Gasteiger partial charge in [0.05, 0.1) is 16.6 Å². The van der Waals surface area contributed by atoms with Crippen LogP contribution in [0, 0.1) is 11.3 Å². The number of aromatic nitrogens is 2. The molecule has 104 valence electrons. The first kappa shape index (κ1) is 13.3. The van der Waals surface area contributed by atoms with Crippen molar-refractivity contribution in [2.45, 2.75) is 0 Å². The Morgan fingerprint density at radius 1 is 1.29 bits per heavy atom. The van der Waals surface area contributed by atoms with Gasteiger partial charge < -0.3 is 4.90 Å². The van der Waals surface area contributed by atoms with E-state index in [9.17, 15) is 5.26 Å². The van der Waals surface area contributed by atoms with Gasteiger partial charge in [-0.15, -0.1) is 11.3 Å². The van der Waals surface area contributed by atoms with Gasteiger partial charge in [-0.25, -0.2) is 10.8 Å². The number of nitrogens with two attached hydrogens (primary N) is 1. The lowest BCUT2D eigenvalue weighted by Gasteiger charge is -2.20. The van der Waals surface area contributed by atoms with E-state index in [1.165, 1.54) is 11.3 Å². The molecule has 1 aromatic carbocycles. The van der Waals surface area contributed by atoms with E-state index in [0.29, 0.717) is 17.3 Å². The lowest BCUT2D eigenvalue weighted by atomic mass is 10.2. The zero-order valence-electron chi connectivity index (χ0n) is 11.2. The van der Waals surface area contributed by atoms with E-state index >= 15 is 0 Å². The number of nitrogens with one attached hydrogen (secondary N) is 1. The quantitative estimate of drug-likeness (QED) is 0.570. The third-order valence-electron chi connectivity index (χ3n) is 3.14. The SMILES string of the molecule is CN(c1ccccc1C#N)c1nc(NN)nc2sccc12. The molecule has 0 fully saturated rings. The molecule has 3 rings (SSSR count). The molecule has 0 unspecified atom stereocenters. The largest absolute Gasteiger partial charge is 0.328 e. The second kappa shape index (κ2) is 5.36. The van der Waals surface area contributed by atoms with Crippen molar-refractivity contribution in [3.05, 3.63) is 41.3 Å². The Balaban J connectivity index is 2.19. The van der Waals surface area contributed by atoms with Crippen LogP contribution in [-0.4, -0.2) is 17.0 Å². The minimum Gasteiger partial charge on any atom is -0.328 e. The smallest absolute Gasteiger partial charge is 0.240 e. The number of nitrogen functional groups attached to an aromatic ring is 1. The molecule has 0 radical (unpaired) electrons. The van der Waals surface area contributed by atoms with Gasteiger partial charge in [0.2, 0.25) is 5.95 Å². The van der Waals surface area contributed by atoms with E-state index < -0.39 is 0 Å². The molecular weight excluding hydrogens is 284 g/mol. The number of hydrogen-bond donors (Lipinski definition) is 2. The average molecular weight is 296 g/mol. The number of nitrogens with zero attached hydrogens (tertiary/aromatic N) is 4. The van der Waals surface area contributed by atoms with Gasteiger partial charge in [0, 0.05) is 7.05 Å². The summed E-state index contributed by atoms with van der Waals surface area (Å²) in [7, 11) is 1.87. The molecule has 2 heterocycles. The number of hydrogen-bond acceptors (Lipinski definition) is 7. The summed E-state index contributed by atoms with van der Waals surface area (Å²) in [4.78, 5) is 11.4. The van der Waals surface area contributed by atoms with Crippen LogP contribution >= 0.6 is 11.3 Å². The molecule has 3 N–H and O–H groups in total. The van der Waals surface area contributed by atoms with Crippen LogP contribution < -0.4 is 16.2 Å². The molecule has 0 spiro atoms. The Bertz CT molecular complexity index is 835. The van der Waals surface area contributed by atoms with Gasteiger partial charge >= 0.3 is 0 Å². The number of rotatable bonds is 3. The van der Waals surface area contributed by atoms with Gasteiger partial charge in [-0.3, -0.25) is 5.43 Å². The van der Waals surface area contributed by atoms with Gasteiger partial charge in [0.1, 0.15) is 16.7 Å². The second-order valence-corrected chi connectivity index (χ2v) is 5.24. The van der Waals surface area contributed by atoms with E-state index in [0.717, 1.165) is 15.9 Å². The third-order valence-corrected chi connectivity index (χ3v) is 3.94. The number of thiophene rings is 1. The van der Waals surface area contributed by atoms with E-state index in [1.807, 2.05) is 41.6 Å². The third kappa shape index (κ3) is 2.27. The number of hydrazine groups is 1. The highest BCUT2D eigenvalue weighted by Gasteiger charge is 2.15. The van der Waals surface area contributed by atoms with Crippen molar-refractivity contribution in [2.75, 3.05) is 17.4 Å². The molecule has 7 heteroatoms. The molecule has 0 saturated heterocycles. The number of nitriles is 1. The Morgan fingerprint density at radius 2 is 2.10 bits per heavy atom. The van der Waals surface area contributed by atoms with Crippen molar-refractivity contribution in [1.29, 1.82) is 5.26 Å². The van der Waals surface area contributed by atoms with E-state index in [2.05, 4.69) is 21.5 Å². The van der Waals surface area contributed by atoms with E-state index in [4.69, 9.17) is 5.84 Å². The van der Waals surface area contributed by atoms with E-state index in [1.54, 1.807) is 6.07 Å². The number of para-hydroxylation sites is 1. The van der Waals surface area contributed by atoms with Crippen molar-refractivity contribution < 1.29 is 0 Å². The molecule has 0 bridgehead atoms. The van der Waals surface area contributed by atoms with E-state index in [-0.39, 0.29) is 0 Å². The maximum absolute atomic E-state index is 9.25. The first-order chi connectivity index (χ1) is 10.2.